The molecule has 6 heteroatoms. The van der Waals surface area contributed by atoms with Crippen LogP contribution < -0.4 is 0 Å². The number of aromatic carboxylic acids is 1. The second-order valence-corrected chi connectivity index (χ2v) is 3.79. The molecule has 20 heavy (non-hydrogen) atoms. The van der Waals surface area contributed by atoms with Gasteiger partial charge in [-0.15, -0.1) is 0 Å². The van der Waals surface area contributed by atoms with E-state index in [0.717, 1.165) is 0 Å². The maximum Gasteiger partial charge on any atom is 0.339 e. The molecule has 1 aromatic rings. The molecule has 0 fully saturated rings. The van der Waals surface area contributed by atoms with Crippen LogP contribution in [0.5, 0.6) is 0 Å². The topological polar surface area (TPSA) is 82.1 Å². The van der Waals surface area contributed by atoms with Gasteiger partial charge in [-0.3, -0.25) is 0 Å². The molecule has 0 aliphatic heterocycles. The van der Waals surface area contributed by atoms with E-state index in [9.17, 15) is 9.59 Å². The van der Waals surface area contributed by atoms with Crippen LogP contribution >= 0.6 is 0 Å². The first-order valence-electron chi connectivity index (χ1n) is 6.32. The summed E-state index contributed by atoms with van der Waals surface area (Å²) in [6, 6.07) is 5.87. The fraction of sp³-hybridized carbons (Fsp3) is 0.429. The predicted molar refractivity (Wildman–Crippen MR) is 70.7 cm³/mol. The molecule has 0 aromatic heterocycles. The smallest absolute Gasteiger partial charge is 0.339 e. The second kappa shape index (κ2) is 8.29. The van der Waals surface area contributed by atoms with E-state index in [1.54, 1.807) is 26.0 Å². The van der Waals surface area contributed by atoms with Crippen LogP contribution in [0.25, 0.3) is 0 Å². The summed E-state index contributed by atoms with van der Waals surface area (Å²) in [6.45, 7) is 4.36. The van der Waals surface area contributed by atoms with E-state index >= 15 is 0 Å². The maximum atomic E-state index is 11.9. The van der Waals surface area contributed by atoms with E-state index < -0.39 is 18.2 Å². The Morgan fingerprint density at radius 3 is 2.15 bits per heavy atom. The summed E-state index contributed by atoms with van der Waals surface area (Å²) in [5.74, 6) is -1.89. The Bertz CT molecular complexity index is 451. The van der Waals surface area contributed by atoms with Gasteiger partial charge in [0, 0.05) is 13.2 Å². The van der Waals surface area contributed by atoms with E-state index in [0.29, 0.717) is 13.2 Å². The van der Waals surface area contributed by atoms with Crippen LogP contribution in [0.2, 0.25) is 0 Å². The Morgan fingerprint density at radius 2 is 1.65 bits per heavy atom. The summed E-state index contributed by atoms with van der Waals surface area (Å²) in [5.41, 5.74) is -0.0892. The van der Waals surface area contributed by atoms with Gasteiger partial charge in [0.15, 0.2) is 6.29 Å². The van der Waals surface area contributed by atoms with Gasteiger partial charge < -0.3 is 19.3 Å². The monoisotopic (exact) mass is 282 g/mol. The third-order valence-electron chi connectivity index (χ3n) is 2.43. The highest BCUT2D eigenvalue weighted by Gasteiger charge is 2.19. The second-order valence-electron chi connectivity index (χ2n) is 3.79. The number of hydrogen-bond donors (Lipinski definition) is 1. The van der Waals surface area contributed by atoms with Crippen LogP contribution in [0, 0.1) is 0 Å². The molecule has 0 spiro atoms. The summed E-state index contributed by atoms with van der Waals surface area (Å²) >= 11 is 0. The SMILES string of the molecule is CCOC(COC(=O)c1ccccc1C(=O)O)OCC. The molecule has 0 amide bonds. The first-order chi connectivity index (χ1) is 9.60. The average molecular weight is 282 g/mol. The Labute approximate surface area is 117 Å². The highest BCUT2D eigenvalue weighted by atomic mass is 16.7. The lowest BCUT2D eigenvalue weighted by molar-refractivity contribution is -0.158. The van der Waals surface area contributed by atoms with Gasteiger partial charge in [-0.1, -0.05) is 12.1 Å². The molecule has 0 unspecified atom stereocenters. The van der Waals surface area contributed by atoms with Gasteiger partial charge in [0.1, 0.15) is 6.61 Å². The van der Waals surface area contributed by atoms with Gasteiger partial charge >= 0.3 is 11.9 Å². The summed E-state index contributed by atoms with van der Waals surface area (Å²) in [4.78, 5) is 22.9. The zero-order chi connectivity index (χ0) is 15.0. The molecule has 0 heterocycles. The first kappa shape index (κ1) is 16.1. The number of hydrogen-bond acceptors (Lipinski definition) is 5. The third kappa shape index (κ3) is 4.64. The number of carbonyl (C=O) groups excluding carboxylic acids is 1. The predicted octanol–water partition coefficient (Wildman–Crippen LogP) is 1.94. The Morgan fingerprint density at radius 1 is 1.10 bits per heavy atom. The first-order valence-corrected chi connectivity index (χ1v) is 6.32. The fourth-order valence-corrected chi connectivity index (χ4v) is 1.59. The molecular formula is C14H18O6. The van der Waals surface area contributed by atoms with Gasteiger partial charge in [-0.25, -0.2) is 9.59 Å². The normalized spacial score (nSPS) is 10.6. The Balaban J connectivity index is 2.69. The molecule has 6 nitrogen and oxygen atoms in total. The van der Waals surface area contributed by atoms with E-state index in [1.165, 1.54) is 12.1 Å². The minimum Gasteiger partial charge on any atom is -0.478 e. The highest BCUT2D eigenvalue weighted by molar-refractivity contribution is 6.02. The van der Waals surface area contributed by atoms with Crippen molar-refractivity contribution in [1.82, 2.24) is 0 Å². The van der Waals surface area contributed by atoms with Crippen molar-refractivity contribution in [2.24, 2.45) is 0 Å². The number of rotatable bonds is 8. The maximum absolute atomic E-state index is 11.9. The van der Waals surface area contributed by atoms with Gasteiger partial charge in [0.05, 0.1) is 11.1 Å². The number of benzene rings is 1. The molecule has 0 aliphatic carbocycles. The van der Waals surface area contributed by atoms with Gasteiger partial charge in [0.2, 0.25) is 0 Å². The van der Waals surface area contributed by atoms with Crippen LogP contribution in [0.1, 0.15) is 34.6 Å². The van der Waals surface area contributed by atoms with E-state index in [1.807, 2.05) is 0 Å². The van der Waals surface area contributed by atoms with E-state index in [4.69, 9.17) is 19.3 Å². The minimum atomic E-state index is -1.18. The quantitative estimate of drug-likeness (QED) is 0.579. The summed E-state index contributed by atoms with van der Waals surface area (Å²) < 4.78 is 15.5. The van der Waals surface area contributed by atoms with Crippen LogP contribution in [0.15, 0.2) is 24.3 Å². The molecule has 0 aliphatic rings. The number of carbonyl (C=O) groups is 2. The standard InChI is InChI=1S/C14H18O6/c1-3-18-12(19-4-2)9-20-14(17)11-8-6-5-7-10(11)13(15)16/h5-8,12H,3-4,9H2,1-2H3,(H,15,16). The van der Waals surface area contributed by atoms with Crippen molar-refractivity contribution in [1.29, 1.82) is 0 Å². The van der Waals surface area contributed by atoms with Crippen molar-refractivity contribution < 1.29 is 28.9 Å². The average Bonchev–Trinajstić information content (AvgIpc) is 2.45. The highest BCUT2D eigenvalue weighted by Crippen LogP contribution is 2.11. The molecule has 0 atom stereocenters. The minimum absolute atomic E-state index is 0.00625. The summed E-state index contributed by atoms with van der Waals surface area (Å²) in [5, 5.41) is 9.00. The summed E-state index contributed by atoms with van der Waals surface area (Å²) in [7, 11) is 0. The molecule has 0 radical (unpaired) electrons. The Hall–Kier alpha value is -1.92. The van der Waals surface area contributed by atoms with Crippen molar-refractivity contribution >= 4 is 11.9 Å². The van der Waals surface area contributed by atoms with Crippen molar-refractivity contribution in [2.45, 2.75) is 20.1 Å². The molecule has 1 N–H and O–H groups in total. The van der Waals surface area contributed by atoms with Crippen LogP contribution in [0.4, 0.5) is 0 Å². The Kier molecular flexibility index (Phi) is 6.69. The number of carboxylic acids is 1. The van der Waals surface area contributed by atoms with E-state index in [-0.39, 0.29) is 17.7 Å². The third-order valence-corrected chi connectivity index (χ3v) is 2.43. The number of carboxylic acid groups (broad SMARTS) is 1. The summed E-state index contributed by atoms with van der Waals surface area (Å²) in [6.07, 6.45) is -0.647. The fourth-order valence-electron chi connectivity index (χ4n) is 1.59. The largest absolute Gasteiger partial charge is 0.478 e. The van der Waals surface area contributed by atoms with Crippen molar-refractivity contribution in [3.8, 4) is 0 Å². The molecular weight excluding hydrogens is 264 g/mol. The zero-order valence-electron chi connectivity index (χ0n) is 11.5. The van der Waals surface area contributed by atoms with Crippen LogP contribution in [0.3, 0.4) is 0 Å². The van der Waals surface area contributed by atoms with Crippen molar-refractivity contribution in [2.75, 3.05) is 19.8 Å². The molecule has 0 bridgehead atoms. The van der Waals surface area contributed by atoms with Gasteiger partial charge in [-0.05, 0) is 26.0 Å². The lowest BCUT2D eigenvalue weighted by Gasteiger charge is -2.17. The van der Waals surface area contributed by atoms with Crippen LogP contribution in [-0.2, 0) is 14.2 Å². The molecule has 1 aromatic carbocycles. The molecule has 1 rings (SSSR count). The molecule has 110 valence electrons. The van der Waals surface area contributed by atoms with Crippen molar-refractivity contribution in [3.63, 3.8) is 0 Å². The lowest BCUT2D eigenvalue weighted by atomic mass is 10.1. The van der Waals surface area contributed by atoms with Gasteiger partial charge in [-0.2, -0.15) is 0 Å². The van der Waals surface area contributed by atoms with Crippen molar-refractivity contribution in [3.05, 3.63) is 35.4 Å². The lowest BCUT2D eigenvalue weighted by Crippen LogP contribution is -2.26. The molecule has 0 saturated heterocycles. The zero-order valence-corrected chi connectivity index (χ0v) is 11.5. The number of esters is 1. The number of ether oxygens (including phenoxy) is 3. The molecule has 0 saturated carbocycles. The van der Waals surface area contributed by atoms with E-state index in [2.05, 4.69) is 0 Å². The van der Waals surface area contributed by atoms with Crippen LogP contribution in [-0.4, -0.2) is 43.2 Å². The van der Waals surface area contributed by atoms with Gasteiger partial charge in [0.25, 0.3) is 0 Å².